The quantitative estimate of drug-likeness (QED) is 0.757. The normalized spacial score (nSPS) is 19.3. The molecule has 1 heterocycles. The van der Waals surface area contributed by atoms with Crippen molar-refractivity contribution >= 4 is 16.4 Å². The molecule has 1 aromatic rings. The van der Waals surface area contributed by atoms with Crippen molar-refractivity contribution in [1.29, 1.82) is 0 Å². The zero-order chi connectivity index (χ0) is 15.6. The van der Waals surface area contributed by atoms with E-state index in [1.165, 1.54) is 12.1 Å². The third kappa shape index (κ3) is 4.15. The number of amides is 1. The largest absolute Gasteiger partial charge is 0.488 e. The van der Waals surface area contributed by atoms with Crippen LogP contribution in [0.15, 0.2) is 24.3 Å². The van der Waals surface area contributed by atoms with Gasteiger partial charge in [-0.2, -0.15) is 8.42 Å². The van der Waals surface area contributed by atoms with E-state index in [1.54, 1.807) is 24.1 Å². The summed E-state index contributed by atoms with van der Waals surface area (Å²) in [6, 6.07) is 5.89. The number of halogens is 1. The second kappa shape index (κ2) is 5.98. The number of benzene rings is 1. The molecule has 0 bridgehead atoms. The number of likely N-dealkylation sites (tertiary alicyclic amines) is 1. The van der Waals surface area contributed by atoms with E-state index in [0.29, 0.717) is 6.54 Å². The molecule has 1 amide bonds. The minimum absolute atomic E-state index is 0.0828. The lowest BCUT2D eigenvalue weighted by molar-refractivity contribution is -0.130. The second-order valence-electron chi connectivity index (χ2n) is 5.10. The molecular weight excluding hydrogens is 299 g/mol. The number of nitrogens with zero attached hydrogens (tertiary/aromatic N) is 2. The lowest BCUT2D eigenvalue weighted by Crippen LogP contribution is -2.38. The number of likely N-dealkylation sites (N-methyl/N-ethyl adjacent to an activating group) is 2. The van der Waals surface area contributed by atoms with Gasteiger partial charge >= 0.3 is 10.5 Å². The summed E-state index contributed by atoms with van der Waals surface area (Å²) in [4.78, 5) is 15.5. The molecule has 0 spiro atoms. The van der Waals surface area contributed by atoms with Crippen LogP contribution < -0.4 is 4.18 Å². The molecule has 1 atom stereocenters. The van der Waals surface area contributed by atoms with Gasteiger partial charge in [-0.05, 0) is 31.2 Å². The average molecular weight is 316 g/mol. The van der Waals surface area contributed by atoms with Gasteiger partial charge in [-0.25, -0.2) is 0 Å². The third-order valence-corrected chi connectivity index (χ3v) is 3.87. The molecule has 1 unspecified atom stereocenters. The van der Waals surface area contributed by atoms with E-state index in [1.807, 2.05) is 11.9 Å². The predicted octanol–water partition coefficient (Wildman–Crippen LogP) is 0.942. The number of hydrogen-bond donors (Lipinski definition) is 0. The Balaban J connectivity index is 1.99. The van der Waals surface area contributed by atoms with Crippen LogP contribution in [0, 0.1) is 0 Å². The first kappa shape index (κ1) is 15.7. The van der Waals surface area contributed by atoms with Crippen molar-refractivity contribution in [3.05, 3.63) is 29.8 Å². The Labute approximate surface area is 123 Å². The monoisotopic (exact) mass is 316 g/mol. The first-order valence-electron chi connectivity index (χ1n) is 6.44. The smallest absolute Gasteiger partial charge is 0.358 e. The fraction of sp³-hybridized carbons (Fsp3) is 0.462. The molecular formula is C13H17FN2O4S. The van der Waals surface area contributed by atoms with Crippen molar-refractivity contribution in [3.8, 4) is 5.75 Å². The average Bonchev–Trinajstić information content (AvgIpc) is 2.71. The molecule has 2 rings (SSSR count). The number of rotatable bonds is 5. The number of carbonyl (C=O) groups is 1. The third-order valence-electron chi connectivity index (χ3n) is 3.48. The SMILES string of the molecule is CN1CCC(N(C)Cc2ccc(OS(=O)(=O)F)cc2)C1=O. The molecule has 6 nitrogen and oxygen atoms in total. The fourth-order valence-electron chi connectivity index (χ4n) is 2.38. The maximum Gasteiger partial charge on any atom is 0.488 e. The summed E-state index contributed by atoms with van der Waals surface area (Å²) < 4.78 is 37.2. The van der Waals surface area contributed by atoms with Crippen LogP contribution in [0.1, 0.15) is 12.0 Å². The van der Waals surface area contributed by atoms with E-state index in [2.05, 4.69) is 4.18 Å². The molecule has 1 aromatic carbocycles. The summed E-state index contributed by atoms with van der Waals surface area (Å²) in [5.41, 5.74) is 0.878. The van der Waals surface area contributed by atoms with Crippen molar-refractivity contribution < 1.29 is 21.3 Å². The molecule has 1 saturated heterocycles. The van der Waals surface area contributed by atoms with Crippen molar-refractivity contribution in [3.63, 3.8) is 0 Å². The van der Waals surface area contributed by atoms with Crippen LogP contribution in [0.25, 0.3) is 0 Å². The topological polar surface area (TPSA) is 66.9 Å². The molecule has 0 radical (unpaired) electrons. The van der Waals surface area contributed by atoms with E-state index < -0.39 is 10.5 Å². The lowest BCUT2D eigenvalue weighted by atomic mass is 10.1. The summed E-state index contributed by atoms with van der Waals surface area (Å²) in [6.45, 7) is 1.28. The van der Waals surface area contributed by atoms with Crippen LogP contribution in [0.2, 0.25) is 0 Å². The Morgan fingerprint density at radius 2 is 2.00 bits per heavy atom. The zero-order valence-corrected chi connectivity index (χ0v) is 12.6. The Hall–Kier alpha value is -1.67. The molecule has 21 heavy (non-hydrogen) atoms. The van der Waals surface area contributed by atoms with Gasteiger partial charge in [0.05, 0.1) is 6.04 Å². The van der Waals surface area contributed by atoms with Gasteiger partial charge in [0.1, 0.15) is 5.75 Å². The van der Waals surface area contributed by atoms with Gasteiger partial charge in [0.25, 0.3) is 0 Å². The number of hydrogen-bond acceptors (Lipinski definition) is 5. The minimum atomic E-state index is -5.00. The van der Waals surface area contributed by atoms with Gasteiger partial charge in [0.2, 0.25) is 5.91 Å². The molecule has 116 valence electrons. The molecule has 0 aromatic heterocycles. The van der Waals surface area contributed by atoms with E-state index in [0.717, 1.165) is 18.5 Å². The van der Waals surface area contributed by atoms with Crippen molar-refractivity contribution in [2.75, 3.05) is 20.6 Å². The van der Waals surface area contributed by atoms with Crippen LogP contribution in [0.5, 0.6) is 5.75 Å². The van der Waals surface area contributed by atoms with E-state index in [9.17, 15) is 17.1 Å². The lowest BCUT2D eigenvalue weighted by Gasteiger charge is -2.22. The summed E-state index contributed by atoms with van der Waals surface area (Å²) in [5.74, 6) is 0.0153. The standard InChI is InChI=1S/C13H17FN2O4S/c1-15-8-7-12(13(15)17)16(2)9-10-3-5-11(6-4-10)20-21(14,18)19/h3-6,12H,7-9H2,1-2H3. The van der Waals surface area contributed by atoms with Crippen molar-refractivity contribution in [2.45, 2.75) is 19.0 Å². The highest BCUT2D eigenvalue weighted by molar-refractivity contribution is 7.81. The number of carbonyl (C=O) groups excluding carboxylic acids is 1. The molecule has 8 heteroatoms. The van der Waals surface area contributed by atoms with Crippen LogP contribution >= 0.6 is 0 Å². The van der Waals surface area contributed by atoms with E-state index in [-0.39, 0.29) is 17.7 Å². The molecule has 1 aliphatic heterocycles. The highest BCUT2D eigenvalue weighted by Gasteiger charge is 2.31. The van der Waals surface area contributed by atoms with Gasteiger partial charge in [0.15, 0.2) is 0 Å². The first-order chi connectivity index (χ1) is 9.76. The maximum atomic E-state index is 12.4. The predicted molar refractivity (Wildman–Crippen MR) is 74.6 cm³/mol. The van der Waals surface area contributed by atoms with Gasteiger partial charge in [-0.1, -0.05) is 16.0 Å². The van der Waals surface area contributed by atoms with Gasteiger partial charge in [0, 0.05) is 20.1 Å². The van der Waals surface area contributed by atoms with Crippen LogP contribution in [-0.4, -0.2) is 50.8 Å². The molecule has 1 fully saturated rings. The Bertz CT molecular complexity index is 618. The second-order valence-corrected chi connectivity index (χ2v) is 6.05. The highest BCUT2D eigenvalue weighted by atomic mass is 32.3. The minimum Gasteiger partial charge on any atom is -0.358 e. The van der Waals surface area contributed by atoms with Crippen LogP contribution in [-0.2, 0) is 21.8 Å². The van der Waals surface area contributed by atoms with Gasteiger partial charge < -0.3 is 9.08 Å². The van der Waals surface area contributed by atoms with Crippen LogP contribution in [0.3, 0.4) is 0 Å². The summed E-state index contributed by atoms with van der Waals surface area (Å²) in [6.07, 6.45) is 0.785. The van der Waals surface area contributed by atoms with Crippen molar-refractivity contribution in [1.82, 2.24) is 9.80 Å². The van der Waals surface area contributed by atoms with Gasteiger partial charge in [-0.15, -0.1) is 0 Å². The Morgan fingerprint density at radius 1 is 1.38 bits per heavy atom. The van der Waals surface area contributed by atoms with Crippen LogP contribution in [0.4, 0.5) is 3.89 Å². The fourth-order valence-corrected chi connectivity index (χ4v) is 2.72. The van der Waals surface area contributed by atoms with E-state index >= 15 is 0 Å². The summed E-state index contributed by atoms with van der Waals surface area (Å²) in [7, 11) is -1.36. The molecule has 0 saturated carbocycles. The molecule has 0 aliphatic carbocycles. The zero-order valence-electron chi connectivity index (χ0n) is 11.8. The maximum absolute atomic E-state index is 12.4. The summed E-state index contributed by atoms with van der Waals surface area (Å²) in [5, 5.41) is 0. The van der Waals surface area contributed by atoms with Gasteiger partial charge in [-0.3, -0.25) is 9.69 Å². The summed E-state index contributed by atoms with van der Waals surface area (Å²) >= 11 is 0. The van der Waals surface area contributed by atoms with Crippen molar-refractivity contribution in [2.24, 2.45) is 0 Å². The molecule has 1 aliphatic rings. The first-order valence-corrected chi connectivity index (χ1v) is 7.75. The van der Waals surface area contributed by atoms with E-state index in [4.69, 9.17) is 0 Å². The highest BCUT2D eigenvalue weighted by Crippen LogP contribution is 2.19. The Morgan fingerprint density at radius 3 is 2.48 bits per heavy atom. The Kier molecular flexibility index (Phi) is 4.48. The molecule has 0 N–H and O–H groups in total.